The molecule has 102 valence electrons. The molecule has 1 fully saturated rings. The molecule has 1 heterocycles. The molecule has 1 aromatic carbocycles. The number of halogens is 1. The lowest BCUT2D eigenvalue weighted by molar-refractivity contribution is 0.139. The second kappa shape index (κ2) is 4.87. The summed E-state index contributed by atoms with van der Waals surface area (Å²) in [5.74, 6) is 1.18. The second-order valence-corrected chi connectivity index (χ2v) is 5.30. The first-order valence-corrected chi connectivity index (χ1v) is 6.99. The van der Waals surface area contributed by atoms with Gasteiger partial charge >= 0.3 is 0 Å². The van der Waals surface area contributed by atoms with E-state index in [1.165, 1.54) is 0 Å². The van der Waals surface area contributed by atoms with Gasteiger partial charge in [0.15, 0.2) is 11.5 Å². The van der Waals surface area contributed by atoms with E-state index in [9.17, 15) is 4.39 Å². The third kappa shape index (κ3) is 2.01. The Labute approximate surface area is 113 Å². The molecule has 3 atom stereocenters. The first-order chi connectivity index (χ1) is 9.24. The highest BCUT2D eigenvalue weighted by Crippen LogP contribution is 2.49. The van der Waals surface area contributed by atoms with Crippen molar-refractivity contribution in [1.82, 2.24) is 0 Å². The Morgan fingerprint density at radius 2 is 2.32 bits per heavy atom. The van der Waals surface area contributed by atoms with Gasteiger partial charge < -0.3 is 9.47 Å². The molecule has 0 aromatic heterocycles. The van der Waals surface area contributed by atoms with Crippen molar-refractivity contribution in [3.05, 3.63) is 36.2 Å². The summed E-state index contributed by atoms with van der Waals surface area (Å²) in [7, 11) is 0. The molecule has 0 N–H and O–H groups in total. The van der Waals surface area contributed by atoms with Gasteiger partial charge in [-0.2, -0.15) is 4.39 Å². The fourth-order valence-corrected chi connectivity index (χ4v) is 3.24. The van der Waals surface area contributed by atoms with E-state index in [1.807, 2.05) is 19.1 Å². The number of allylic oxidation sites excluding steroid dienone is 1. The van der Waals surface area contributed by atoms with Crippen molar-refractivity contribution in [2.45, 2.75) is 38.2 Å². The third-order valence-corrected chi connectivity index (χ3v) is 4.23. The van der Waals surface area contributed by atoms with E-state index >= 15 is 0 Å². The van der Waals surface area contributed by atoms with Crippen LogP contribution in [0.4, 0.5) is 4.39 Å². The summed E-state index contributed by atoms with van der Waals surface area (Å²) in [5.41, 5.74) is 1.01. The van der Waals surface area contributed by atoms with E-state index in [1.54, 1.807) is 6.07 Å². The van der Waals surface area contributed by atoms with Crippen molar-refractivity contribution in [2.24, 2.45) is 5.92 Å². The molecule has 1 saturated carbocycles. The minimum Gasteiger partial charge on any atom is -0.491 e. The molecule has 3 heteroatoms. The summed E-state index contributed by atoms with van der Waals surface area (Å²) < 4.78 is 25.5. The average Bonchev–Trinajstić information content (AvgIpc) is 2.80. The molecule has 0 saturated heterocycles. The number of fused-ring (bicyclic) bond motifs is 3. The lowest BCUT2D eigenvalue weighted by Crippen LogP contribution is -2.27. The highest BCUT2D eigenvalue weighted by molar-refractivity contribution is 5.48. The van der Waals surface area contributed by atoms with Crippen LogP contribution >= 0.6 is 0 Å². The maximum absolute atomic E-state index is 14.3. The minimum atomic E-state index is -0.344. The van der Waals surface area contributed by atoms with Crippen LogP contribution in [0.25, 0.3) is 0 Å². The van der Waals surface area contributed by atoms with Crippen LogP contribution in [0, 0.1) is 11.7 Å². The predicted octanol–water partition coefficient (Wildman–Crippen LogP) is 4.06. The standard InChI is InChI=1S/C16H19FO2/c1-3-10-5-6-11-12-7-8-13(18-4-2)15(17)16(12)19-14(11)9-10/h3,7-8,10-11,14H,1,4-6,9H2,2H3/t10?,11-,14+/m0/s1. The Bertz CT molecular complexity index is 498. The smallest absolute Gasteiger partial charge is 0.207 e. The van der Waals surface area contributed by atoms with Gasteiger partial charge in [0.05, 0.1) is 6.61 Å². The molecule has 0 bridgehead atoms. The normalized spacial score (nSPS) is 28.2. The molecule has 3 rings (SSSR count). The topological polar surface area (TPSA) is 18.5 Å². The van der Waals surface area contributed by atoms with E-state index in [2.05, 4.69) is 6.58 Å². The minimum absolute atomic E-state index is 0.0955. The largest absolute Gasteiger partial charge is 0.491 e. The van der Waals surface area contributed by atoms with Crippen LogP contribution < -0.4 is 9.47 Å². The molecule has 2 nitrogen and oxygen atoms in total. The summed E-state index contributed by atoms with van der Waals surface area (Å²) in [5, 5.41) is 0. The van der Waals surface area contributed by atoms with E-state index in [0.717, 1.165) is 24.8 Å². The lowest BCUT2D eigenvalue weighted by atomic mass is 9.78. The van der Waals surface area contributed by atoms with Crippen LogP contribution in [0.2, 0.25) is 0 Å². The summed E-state index contributed by atoms with van der Waals surface area (Å²) in [6.45, 7) is 6.16. The molecule has 1 aliphatic carbocycles. The van der Waals surface area contributed by atoms with Gasteiger partial charge in [0.25, 0.3) is 0 Å². The molecule has 1 aromatic rings. The van der Waals surface area contributed by atoms with Crippen molar-refractivity contribution in [2.75, 3.05) is 6.61 Å². The average molecular weight is 262 g/mol. The Balaban J connectivity index is 1.91. The molecule has 0 amide bonds. The maximum atomic E-state index is 14.3. The van der Waals surface area contributed by atoms with Crippen molar-refractivity contribution in [3.8, 4) is 11.5 Å². The third-order valence-electron chi connectivity index (χ3n) is 4.23. The van der Waals surface area contributed by atoms with Gasteiger partial charge in [0, 0.05) is 11.5 Å². The quantitative estimate of drug-likeness (QED) is 0.765. The van der Waals surface area contributed by atoms with Crippen molar-refractivity contribution >= 4 is 0 Å². The molecular weight excluding hydrogens is 243 g/mol. The number of benzene rings is 1. The fourth-order valence-electron chi connectivity index (χ4n) is 3.24. The Morgan fingerprint density at radius 1 is 1.47 bits per heavy atom. The first kappa shape index (κ1) is 12.5. The zero-order valence-electron chi connectivity index (χ0n) is 11.2. The number of ether oxygens (including phenoxy) is 2. The van der Waals surface area contributed by atoms with Crippen LogP contribution in [0.3, 0.4) is 0 Å². The SMILES string of the molecule is C=CC1CC[C@H]2c3ccc(OCC)c(F)c3O[C@@H]2C1. The van der Waals surface area contributed by atoms with Crippen LogP contribution in [0.15, 0.2) is 24.8 Å². The van der Waals surface area contributed by atoms with Gasteiger partial charge in [-0.3, -0.25) is 0 Å². The van der Waals surface area contributed by atoms with Crippen molar-refractivity contribution < 1.29 is 13.9 Å². The fraction of sp³-hybridized carbons (Fsp3) is 0.500. The molecule has 0 spiro atoms. The monoisotopic (exact) mass is 262 g/mol. The van der Waals surface area contributed by atoms with Crippen LogP contribution in [0.1, 0.15) is 37.7 Å². The summed E-state index contributed by atoms with van der Waals surface area (Å²) >= 11 is 0. The lowest BCUT2D eigenvalue weighted by Gasteiger charge is -2.29. The Kier molecular flexibility index (Phi) is 3.21. The Hall–Kier alpha value is -1.51. The maximum Gasteiger partial charge on any atom is 0.207 e. The van der Waals surface area contributed by atoms with Gasteiger partial charge in [0.2, 0.25) is 5.82 Å². The van der Waals surface area contributed by atoms with Crippen molar-refractivity contribution in [1.29, 1.82) is 0 Å². The molecule has 1 unspecified atom stereocenters. The molecule has 19 heavy (non-hydrogen) atoms. The highest BCUT2D eigenvalue weighted by Gasteiger charge is 2.40. The van der Waals surface area contributed by atoms with Crippen LogP contribution in [0.5, 0.6) is 11.5 Å². The molecular formula is C16H19FO2. The van der Waals surface area contributed by atoms with Gasteiger partial charge in [-0.25, -0.2) is 0 Å². The van der Waals surface area contributed by atoms with Gasteiger partial charge in [-0.15, -0.1) is 6.58 Å². The number of hydrogen-bond donors (Lipinski definition) is 0. The second-order valence-electron chi connectivity index (χ2n) is 5.30. The van der Waals surface area contributed by atoms with E-state index in [4.69, 9.17) is 9.47 Å². The predicted molar refractivity (Wildman–Crippen MR) is 72.3 cm³/mol. The number of hydrogen-bond acceptors (Lipinski definition) is 2. The molecule has 2 aliphatic rings. The summed E-state index contributed by atoms with van der Waals surface area (Å²) in [6, 6.07) is 3.69. The van der Waals surface area contributed by atoms with E-state index in [0.29, 0.717) is 29.9 Å². The van der Waals surface area contributed by atoms with Crippen LogP contribution in [-0.2, 0) is 0 Å². The summed E-state index contributed by atoms with van der Waals surface area (Å²) in [6.07, 6.45) is 5.18. The molecule has 0 radical (unpaired) electrons. The molecule has 1 aliphatic heterocycles. The van der Waals surface area contributed by atoms with E-state index < -0.39 is 0 Å². The Morgan fingerprint density at radius 3 is 3.05 bits per heavy atom. The number of rotatable bonds is 3. The zero-order chi connectivity index (χ0) is 13.4. The van der Waals surface area contributed by atoms with Crippen LogP contribution in [-0.4, -0.2) is 12.7 Å². The van der Waals surface area contributed by atoms with Gasteiger partial charge in [0.1, 0.15) is 6.10 Å². The van der Waals surface area contributed by atoms with Crippen molar-refractivity contribution in [3.63, 3.8) is 0 Å². The van der Waals surface area contributed by atoms with E-state index in [-0.39, 0.29) is 11.9 Å². The highest BCUT2D eigenvalue weighted by atomic mass is 19.1. The van der Waals surface area contributed by atoms with Gasteiger partial charge in [-0.05, 0) is 38.2 Å². The summed E-state index contributed by atoms with van der Waals surface area (Å²) in [4.78, 5) is 0. The zero-order valence-corrected chi connectivity index (χ0v) is 11.2. The van der Waals surface area contributed by atoms with Gasteiger partial charge in [-0.1, -0.05) is 12.1 Å². The first-order valence-electron chi connectivity index (χ1n) is 6.99.